The third-order valence-electron chi connectivity index (χ3n) is 5.92. The number of anilines is 6. The average molecular weight is 509 g/mol. The van der Waals surface area contributed by atoms with Crippen molar-refractivity contribution in [3.8, 4) is 5.75 Å². The average Bonchev–Trinajstić information content (AvgIpc) is 3.24. The Labute approximate surface area is 211 Å². The molecule has 1 fully saturated rings. The lowest BCUT2D eigenvalue weighted by Crippen LogP contribution is -2.46. The van der Waals surface area contributed by atoms with E-state index < -0.39 is 17.5 Å². The number of nitrogens with one attached hydrogen (secondary N) is 3. The monoisotopic (exact) mass is 508 g/mol. The smallest absolute Gasteiger partial charge is 0.415 e. The fraction of sp³-hybridized carbons (Fsp3) is 0.333. The van der Waals surface area contributed by atoms with Crippen molar-refractivity contribution < 1.29 is 23.5 Å². The van der Waals surface area contributed by atoms with Gasteiger partial charge in [0.15, 0.2) is 28.8 Å². The summed E-state index contributed by atoms with van der Waals surface area (Å²) in [6, 6.07) is 6.49. The van der Waals surface area contributed by atoms with Gasteiger partial charge in [0.25, 0.3) is 5.91 Å². The summed E-state index contributed by atoms with van der Waals surface area (Å²) in [7, 11) is 0. The first-order valence-electron chi connectivity index (χ1n) is 11.6. The molecule has 3 aromatic rings. The van der Waals surface area contributed by atoms with Gasteiger partial charge in [-0.05, 0) is 44.0 Å². The lowest BCUT2D eigenvalue weighted by molar-refractivity contribution is -0.129. The van der Waals surface area contributed by atoms with Crippen molar-refractivity contribution in [2.24, 2.45) is 5.92 Å². The van der Waals surface area contributed by atoms with Gasteiger partial charge in [0, 0.05) is 0 Å². The quantitative estimate of drug-likeness (QED) is 0.447. The van der Waals surface area contributed by atoms with Crippen molar-refractivity contribution >= 4 is 46.9 Å². The number of hydrogen-bond acceptors (Lipinski definition) is 10. The van der Waals surface area contributed by atoms with Crippen LogP contribution in [0.15, 0.2) is 36.7 Å². The summed E-state index contributed by atoms with van der Waals surface area (Å²) < 4.78 is 25.3. The summed E-state index contributed by atoms with van der Waals surface area (Å²) in [6.07, 6.45) is 2.10. The number of pyridine rings is 2. The number of cyclic esters (lactones) is 1. The third-order valence-corrected chi connectivity index (χ3v) is 5.92. The molecule has 3 aromatic heterocycles. The number of rotatable bonds is 6. The number of carbonyl (C=O) groups is 2. The Morgan fingerprint density at radius 1 is 1.11 bits per heavy atom. The molecule has 0 spiro atoms. The van der Waals surface area contributed by atoms with Crippen molar-refractivity contribution in [3.05, 3.63) is 42.5 Å². The molecule has 0 aliphatic carbocycles. The first-order chi connectivity index (χ1) is 17.6. The Bertz CT molecular complexity index is 1370. The maximum absolute atomic E-state index is 14.5. The van der Waals surface area contributed by atoms with Crippen molar-refractivity contribution in [2.45, 2.75) is 39.3 Å². The van der Waals surface area contributed by atoms with Crippen molar-refractivity contribution in [1.82, 2.24) is 19.9 Å². The second-order valence-electron chi connectivity index (χ2n) is 9.41. The van der Waals surface area contributed by atoms with E-state index in [0.717, 1.165) is 6.20 Å². The Hall–Kier alpha value is -4.55. The van der Waals surface area contributed by atoms with Crippen LogP contribution in [0.25, 0.3) is 0 Å². The molecular weight excluding hydrogens is 483 g/mol. The van der Waals surface area contributed by atoms with Gasteiger partial charge in [-0.25, -0.2) is 24.1 Å². The number of amides is 2. The minimum Gasteiger partial charge on any atom is -0.474 e. The molecule has 5 heterocycles. The Morgan fingerprint density at radius 2 is 1.92 bits per heavy atom. The topological polar surface area (TPSA) is 143 Å². The molecule has 3 N–H and O–H groups in total. The Kier molecular flexibility index (Phi) is 5.97. The maximum Gasteiger partial charge on any atom is 0.415 e. The lowest BCUT2D eigenvalue weighted by Gasteiger charge is -2.30. The van der Waals surface area contributed by atoms with Gasteiger partial charge >= 0.3 is 6.09 Å². The molecule has 2 amide bonds. The standard InChI is InChI=1S/C24H25FN8O4/c1-12(2)15-11-36-23(35)33(15)18-8-5-13(9-26-18)28-22-27-10-14(25)19(32-22)29-17-7-6-16-20(30-17)31-21(34)24(3,4)37-16/h5-10,12,15H,11H2,1-4H3,(H3,27,28,29,30,31,32,34)/t15-/m0/s1. The van der Waals surface area contributed by atoms with E-state index in [9.17, 15) is 14.0 Å². The van der Waals surface area contributed by atoms with Crippen molar-refractivity contribution in [2.75, 3.05) is 27.5 Å². The van der Waals surface area contributed by atoms with Crippen LogP contribution in [-0.2, 0) is 9.53 Å². The number of aromatic nitrogens is 4. The number of halogens is 1. The van der Waals surface area contributed by atoms with Gasteiger partial charge in [-0.2, -0.15) is 4.98 Å². The van der Waals surface area contributed by atoms with E-state index in [0.29, 0.717) is 23.9 Å². The molecule has 13 heteroatoms. The van der Waals surface area contributed by atoms with E-state index >= 15 is 0 Å². The van der Waals surface area contributed by atoms with Gasteiger partial charge in [-0.3, -0.25) is 9.69 Å². The maximum atomic E-state index is 14.5. The van der Waals surface area contributed by atoms with Crippen LogP contribution < -0.4 is 25.6 Å². The fourth-order valence-corrected chi connectivity index (χ4v) is 3.83. The first kappa shape index (κ1) is 24.2. The fourth-order valence-electron chi connectivity index (χ4n) is 3.83. The largest absolute Gasteiger partial charge is 0.474 e. The molecule has 192 valence electrons. The van der Waals surface area contributed by atoms with Gasteiger partial charge in [-0.1, -0.05) is 13.8 Å². The van der Waals surface area contributed by atoms with E-state index in [4.69, 9.17) is 9.47 Å². The zero-order valence-electron chi connectivity index (χ0n) is 20.6. The highest BCUT2D eigenvalue weighted by atomic mass is 19.1. The third kappa shape index (κ3) is 4.79. The predicted molar refractivity (Wildman–Crippen MR) is 133 cm³/mol. The van der Waals surface area contributed by atoms with Crippen molar-refractivity contribution in [3.63, 3.8) is 0 Å². The number of ether oxygens (including phenoxy) is 2. The van der Waals surface area contributed by atoms with Crippen LogP contribution in [0.4, 0.5) is 44.1 Å². The Balaban J connectivity index is 1.31. The van der Waals surface area contributed by atoms with Crippen LogP contribution in [0.2, 0.25) is 0 Å². The molecule has 2 aliphatic heterocycles. The molecular formula is C24H25FN8O4. The molecule has 0 radical (unpaired) electrons. The van der Waals surface area contributed by atoms with Gasteiger partial charge in [0.1, 0.15) is 18.2 Å². The highest BCUT2D eigenvalue weighted by molar-refractivity contribution is 5.99. The zero-order valence-corrected chi connectivity index (χ0v) is 20.6. The molecule has 2 aliphatic rings. The minimum atomic E-state index is -1.02. The number of fused-ring (bicyclic) bond motifs is 1. The van der Waals surface area contributed by atoms with E-state index in [-0.39, 0.29) is 41.3 Å². The van der Waals surface area contributed by atoms with Crippen LogP contribution in [-0.4, -0.2) is 50.2 Å². The highest BCUT2D eigenvalue weighted by Crippen LogP contribution is 2.34. The summed E-state index contributed by atoms with van der Waals surface area (Å²) in [5.41, 5.74) is -0.492. The normalized spacial score (nSPS) is 18.1. The second kappa shape index (κ2) is 9.15. The molecule has 1 saturated heterocycles. The molecule has 0 saturated carbocycles. The Morgan fingerprint density at radius 3 is 2.65 bits per heavy atom. The molecule has 5 rings (SSSR count). The van der Waals surface area contributed by atoms with Crippen LogP contribution >= 0.6 is 0 Å². The molecule has 12 nitrogen and oxygen atoms in total. The van der Waals surface area contributed by atoms with Crippen LogP contribution in [0.1, 0.15) is 27.7 Å². The summed E-state index contributed by atoms with van der Waals surface area (Å²) in [5.74, 6) is 0.463. The number of nitrogens with zero attached hydrogens (tertiary/aromatic N) is 5. The predicted octanol–water partition coefficient (Wildman–Crippen LogP) is 3.98. The number of carbonyl (C=O) groups excluding carboxylic acids is 2. The number of hydrogen-bond donors (Lipinski definition) is 3. The van der Waals surface area contributed by atoms with Crippen molar-refractivity contribution in [1.29, 1.82) is 0 Å². The molecule has 0 bridgehead atoms. The van der Waals surface area contributed by atoms with Crippen LogP contribution in [0, 0.1) is 11.7 Å². The van der Waals surface area contributed by atoms with Gasteiger partial charge in [0.2, 0.25) is 5.95 Å². The first-order valence-corrected chi connectivity index (χ1v) is 11.6. The van der Waals surface area contributed by atoms with E-state index in [1.165, 1.54) is 11.1 Å². The van der Waals surface area contributed by atoms with Crippen LogP contribution in [0.5, 0.6) is 5.75 Å². The van der Waals surface area contributed by atoms with Gasteiger partial charge in [0.05, 0.1) is 24.1 Å². The van der Waals surface area contributed by atoms with Gasteiger partial charge < -0.3 is 25.4 Å². The minimum absolute atomic E-state index is 0.101. The molecule has 0 aromatic carbocycles. The van der Waals surface area contributed by atoms with Crippen LogP contribution in [0.3, 0.4) is 0 Å². The van der Waals surface area contributed by atoms with Gasteiger partial charge in [-0.15, -0.1) is 0 Å². The zero-order chi connectivity index (χ0) is 26.3. The van der Waals surface area contributed by atoms with E-state index in [2.05, 4.69) is 35.9 Å². The second-order valence-corrected chi connectivity index (χ2v) is 9.41. The van der Waals surface area contributed by atoms with E-state index in [1.807, 2.05) is 13.8 Å². The highest BCUT2D eigenvalue weighted by Gasteiger charge is 2.37. The molecule has 37 heavy (non-hydrogen) atoms. The SMILES string of the molecule is CC(C)[C@@H]1COC(=O)N1c1ccc(Nc2ncc(F)c(Nc3ccc4c(n3)NC(=O)C(C)(C)O4)n2)cn1. The summed E-state index contributed by atoms with van der Waals surface area (Å²) in [6.45, 7) is 7.63. The molecule has 0 unspecified atom stereocenters. The summed E-state index contributed by atoms with van der Waals surface area (Å²) in [4.78, 5) is 42.7. The molecule has 1 atom stereocenters. The summed E-state index contributed by atoms with van der Waals surface area (Å²) >= 11 is 0. The summed E-state index contributed by atoms with van der Waals surface area (Å²) in [5, 5.41) is 8.43. The lowest BCUT2D eigenvalue weighted by atomic mass is 10.0. The van der Waals surface area contributed by atoms with E-state index in [1.54, 1.807) is 38.1 Å².